The fourth-order valence-corrected chi connectivity index (χ4v) is 1.86. The third-order valence-electron chi connectivity index (χ3n) is 2.56. The molecule has 0 heterocycles. The first kappa shape index (κ1) is 14.0. The molecule has 0 spiro atoms. The zero-order valence-corrected chi connectivity index (χ0v) is 11.8. The summed E-state index contributed by atoms with van der Waals surface area (Å²) in [7, 11) is 1.92. The van der Waals surface area contributed by atoms with Gasteiger partial charge in [0, 0.05) is 22.5 Å². The molecule has 3 nitrogen and oxygen atoms in total. The minimum atomic E-state index is 0.235. The van der Waals surface area contributed by atoms with Gasteiger partial charge in [0.25, 0.3) is 0 Å². The molecule has 0 aliphatic carbocycles. The van der Waals surface area contributed by atoms with Crippen molar-refractivity contribution in [3.05, 3.63) is 28.2 Å². The van der Waals surface area contributed by atoms with Crippen molar-refractivity contribution in [1.29, 1.82) is 5.26 Å². The number of benzene rings is 1. The van der Waals surface area contributed by atoms with Gasteiger partial charge in [-0.05, 0) is 38.6 Å². The second kappa shape index (κ2) is 7.31. The van der Waals surface area contributed by atoms with Crippen LogP contribution in [0, 0.1) is 11.3 Å². The standard InChI is InChI=1S/C13H17BrN2O/c1-10(16-2)12-9-11(14)5-6-13(12)17-8-4-3-7-15/h5-6,9-10,16H,3-4,8H2,1-2H3. The van der Waals surface area contributed by atoms with Gasteiger partial charge in [0.15, 0.2) is 0 Å². The smallest absolute Gasteiger partial charge is 0.124 e. The van der Waals surface area contributed by atoms with E-state index in [0.717, 1.165) is 22.2 Å². The number of ether oxygens (including phenoxy) is 1. The molecule has 1 atom stereocenters. The summed E-state index contributed by atoms with van der Waals surface area (Å²) in [4.78, 5) is 0. The van der Waals surface area contributed by atoms with Crippen molar-refractivity contribution in [2.75, 3.05) is 13.7 Å². The van der Waals surface area contributed by atoms with E-state index in [1.54, 1.807) is 0 Å². The Morgan fingerprint density at radius 3 is 2.94 bits per heavy atom. The molecule has 4 heteroatoms. The molecular formula is C13H17BrN2O. The van der Waals surface area contributed by atoms with Crippen molar-refractivity contribution in [3.8, 4) is 11.8 Å². The second-order valence-corrected chi connectivity index (χ2v) is 4.72. The molecule has 0 radical (unpaired) electrons. The fraction of sp³-hybridized carbons (Fsp3) is 0.462. The highest BCUT2D eigenvalue weighted by Gasteiger charge is 2.10. The number of rotatable bonds is 6. The van der Waals surface area contributed by atoms with Gasteiger partial charge in [0.1, 0.15) is 5.75 Å². The topological polar surface area (TPSA) is 45.0 Å². The summed E-state index contributed by atoms with van der Waals surface area (Å²) < 4.78 is 6.75. The van der Waals surface area contributed by atoms with Gasteiger partial charge >= 0.3 is 0 Å². The molecule has 0 aliphatic rings. The maximum absolute atomic E-state index is 8.46. The summed E-state index contributed by atoms with van der Waals surface area (Å²) in [6.45, 7) is 2.67. The van der Waals surface area contributed by atoms with E-state index >= 15 is 0 Å². The molecular weight excluding hydrogens is 280 g/mol. The predicted molar refractivity (Wildman–Crippen MR) is 72.0 cm³/mol. The third-order valence-corrected chi connectivity index (χ3v) is 3.06. The molecule has 0 saturated carbocycles. The van der Waals surface area contributed by atoms with E-state index in [1.165, 1.54) is 0 Å². The van der Waals surface area contributed by atoms with Crippen LogP contribution in [0.1, 0.15) is 31.4 Å². The van der Waals surface area contributed by atoms with E-state index in [1.807, 2.05) is 19.2 Å². The Balaban J connectivity index is 2.73. The minimum Gasteiger partial charge on any atom is -0.493 e. The van der Waals surface area contributed by atoms with Gasteiger partial charge in [-0.3, -0.25) is 0 Å². The summed E-state index contributed by atoms with van der Waals surface area (Å²) in [6, 6.07) is 8.32. The first-order valence-corrected chi connectivity index (χ1v) is 6.44. The molecule has 1 unspecified atom stereocenters. The summed E-state index contributed by atoms with van der Waals surface area (Å²) in [5.41, 5.74) is 1.12. The molecule has 1 aromatic carbocycles. The molecule has 0 fully saturated rings. The van der Waals surface area contributed by atoms with E-state index in [-0.39, 0.29) is 6.04 Å². The first-order valence-electron chi connectivity index (χ1n) is 5.65. The zero-order chi connectivity index (χ0) is 12.7. The third kappa shape index (κ3) is 4.37. The number of halogens is 1. The lowest BCUT2D eigenvalue weighted by Crippen LogP contribution is -2.14. The average molecular weight is 297 g/mol. The number of nitrogens with one attached hydrogen (secondary N) is 1. The van der Waals surface area contributed by atoms with Gasteiger partial charge in [0.05, 0.1) is 12.7 Å². The van der Waals surface area contributed by atoms with Crippen LogP contribution in [-0.2, 0) is 0 Å². The van der Waals surface area contributed by atoms with Crippen molar-refractivity contribution in [2.45, 2.75) is 25.8 Å². The van der Waals surface area contributed by atoms with Crippen molar-refractivity contribution < 1.29 is 4.74 Å². The summed E-state index contributed by atoms with van der Waals surface area (Å²) >= 11 is 3.46. The maximum Gasteiger partial charge on any atom is 0.124 e. The molecule has 17 heavy (non-hydrogen) atoms. The van der Waals surface area contributed by atoms with Crippen LogP contribution in [0.5, 0.6) is 5.75 Å². The van der Waals surface area contributed by atoms with E-state index < -0.39 is 0 Å². The van der Waals surface area contributed by atoms with E-state index in [2.05, 4.69) is 40.3 Å². The van der Waals surface area contributed by atoms with Gasteiger partial charge in [-0.15, -0.1) is 0 Å². The molecule has 0 saturated heterocycles. The van der Waals surface area contributed by atoms with E-state index in [4.69, 9.17) is 10.00 Å². The fourth-order valence-electron chi connectivity index (χ4n) is 1.48. The van der Waals surface area contributed by atoms with Crippen LogP contribution in [0.3, 0.4) is 0 Å². The number of nitrogens with zero attached hydrogens (tertiary/aromatic N) is 1. The lowest BCUT2D eigenvalue weighted by molar-refractivity contribution is 0.307. The number of nitriles is 1. The Labute approximate surface area is 111 Å². The Morgan fingerprint density at radius 1 is 1.53 bits per heavy atom. The summed E-state index contributed by atoms with van der Waals surface area (Å²) in [6.07, 6.45) is 1.30. The van der Waals surface area contributed by atoms with Crippen LogP contribution in [0.2, 0.25) is 0 Å². The van der Waals surface area contributed by atoms with Gasteiger partial charge in [-0.1, -0.05) is 15.9 Å². The Kier molecular flexibility index (Phi) is 6.03. The minimum absolute atomic E-state index is 0.235. The quantitative estimate of drug-likeness (QED) is 0.818. The van der Waals surface area contributed by atoms with Crippen molar-refractivity contribution in [1.82, 2.24) is 5.32 Å². The number of hydrogen-bond acceptors (Lipinski definition) is 3. The van der Waals surface area contributed by atoms with Gasteiger partial charge in [-0.25, -0.2) is 0 Å². The maximum atomic E-state index is 8.46. The second-order valence-electron chi connectivity index (χ2n) is 3.80. The highest BCUT2D eigenvalue weighted by molar-refractivity contribution is 9.10. The highest BCUT2D eigenvalue weighted by Crippen LogP contribution is 2.28. The average Bonchev–Trinajstić information content (AvgIpc) is 2.35. The van der Waals surface area contributed by atoms with E-state index in [0.29, 0.717) is 13.0 Å². The lowest BCUT2D eigenvalue weighted by Gasteiger charge is -2.16. The molecule has 1 rings (SSSR count). The molecule has 1 N–H and O–H groups in total. The van der Waals surface area contributed by atoms with Crippen LogP contribution >= 0.6 is 15.9 Å². The van der Waals surface area contributed by atoms with Crippen molar-refractivity contribution >= 4 is 15.9 Å². The normalized spacial score (nSPS) is 11.9. The van der Waals surface area contributed by atoms with Crippen molar-refractivity contribution in [2.24, 2.45) is 0 Å². The molecule has 0 aromatic heterocycles. The van der Waals surface area contributed by atoms with E-state index in [9.17, 15) is 0 Å². The van der Waals surface area contributed by atoms with Gasteiger partial charge in [-0.2, -0.15) is 5.26 Å². The van der Waals surface area contributed by atoms with Gasteiger partial charge < -0.3 is 10.1 Å². The summed E-state index contributed by atoms with van der Waals surface area (Å²) in [5, 5.41) is 11.7. The Bertz CT molecular complexity index is 401. The predicted octanol–water partition coefficient (Wildman–Crippen LogP) is 3.41. The first-order chi connectivity index (χ1) is 8.19. The molecule has 0 amide bonds. The molecule has 92 valence electrons. The SMILES string of the molecule is CNC(C)c1cc(Br)ccc1OCCCC#N. The molecule has 0 bridgehead atoms. The van der Waals surface area contributed by atoms with Crippen LogP contribution in [0.15, 0.2) is 22.7 Å². The monoisotopic (exact) mass is 296 g/mol. The van der Waals surface area contributed by atoms with Gasteiger partial charge in [0.2, 0.25) is 0 Å². The van der Waals surface area contributed by atoms with Crippen LogP contribution in [0.25, 0.3) is 0 Å². The zero-order valence-electron chi connectivity index (χ0n) is 10.2. The number of hydrogen-bond donors (Lipinski definition) is 1. The van der Waals surface area contributed by atoms with Crippen LogP contribution in [0.4, 0.5) is 0 Å². The Hall–Kier alpha value is -1.05. The molecule has 0 aliphatic heterocycles. The van der Waals surface area contributed by atoms with Crippen LogP contribution in [-0.4, -0.2) is 13.7 Å². The summed E-state index contributed by atoms with van der Waals surface area (Å²) in [5.74, 6) is 0.882. The Morgan fingerprint density at radius 2 is 2.29 bits per heavy atom. The van der Waals surface area contributed by atoms with Crippen molar-refractivity contribution in [3.63, 3.8) is 0 Å². The lowest BCUT2D eigenvalue weighted by atomic mass is 10.1. The number of unbranched alkanes of at least 4 members (excludes halogenated alkanes) is 1. The largest absolute Gasteiger partial charge is 0.493 e. The van der Waals surface area contributed by atoms with Crippen LogP contribution < -0.4 is 10.1 Å². The molecule has 1 aromatic rings. The highest BCUT2D eigenvalue weighted by atomic mass is 79.9.